The van der Waals surface area contributed by atoms with Gasteiger partial charge in [0.2, 0.25) is 5.28 Å². The molecule has 0 spiro atoms. The van der Waals surface area contributed by atoms with E-state index < -0.39 is 0 Å². The number of rotatable bonds is 2. The van der Waals surface area contributed by atoms with Crippen LogP contribution in [0.15, 0.2) is 24.3 Å². The second kappa shape index (κ2) is 4.73. The molecule has 2 aromatic rings. The molecule has 0 N–H and O–H groups in total. The van der Waals surface area contributed by atoms with E-state index in [0.29, 0.717) is 11.3 Å². The summed E-state index contributed by atoms with van der Waals surface area (Å²) < 4.78 is 2.10. The van der Waals surface area contributed by atoms with Crippen LogP contribution < -0.4 is 0 Å². The number of fused-ring (bicyclic) bond motifs is 1. The summed E-state index contributed by atoms with van der Waals surface area (Å²) in [5, 5.41) is 8.69. The molecule has 1 atom stereocenters. The number of hydrogen-bond acceptors (Lipinski definition) is 2. The molecule has 1 heterocycles. The smallest absolute Gasteiger partial charge is 0.225 e. The minimum Gasteiger partial charge on any atom is -0.294 e. The van der Waals surface area contributed by atoms with Crippen molar-refractivity contribution in [2.24, 2.45) is 0 Å². The molecule has 1 aliphatic carbocycles. The largest absolute Gasteiger partial charge is 0.294 e. The van der Waals surface area contributed by atoms with Crippen molar-refractivity contribution >= 4 is 11.6 Å². The van der Waals surface area contributed by atoms with E-state index in [1.54, 1.807) is 0 Å². The zero-order chi connectivity index (χ0) is 12.5. The van der Waals surface area contributed by atoms with E-state index in [4.69, 9.17) is 11.6 Å². The molecule has 0 bridgehead atoms. The van der Waals surface area contributed by atoms with Crippen molar-refractivity contribution in [2.45, 2.75) is 38.6 Å². The highest BCUT2D eigenvalue weighted by Crippen LogP contribution is 2.35. The van der Waals surface area contributed by atoms with Crippen LogP contribution in [0.2, 0.25) is 5.28 Å². The molecular weight excluding hydrogens is 246 g/mol. The van der Waals surface area contributed by atoms with Crippen LogP contribution in [-0.4, -0.2) is 14.8 Å². The summed E-state index contributed by atoms with van der Waals surface area (Å²) in [6.45, 7) is 2.09. The highest BCUT2D eigenvalue weighted by molar-refractivity contribution is 6.28. The highest BCUT2D eigenvalue weighted by Gasteiger charge is 2.25. The Morgan fingerprint density at radius 2 is 2.17 bits per heavy atom. The van der Waals surface area contributed by atoms with E-state index >= 15 is 0 Å². The molecule has 1 aliphatic rings. The molecule has 1 aromatic carbocycles. The van der Waals surface area contributed by atoms with Gasteiger partial charge in [-0.1, -0.05) is 31.2 Å². The average Bonchev–Trinajstić information content (AvgIpc) is 2.79. The standard InChI is InChI=1S/C14H16ClN3/c1-2-13-16-17-14(15)18(13)12-9-5-7-10-6-3-4-8-11(10)12/h3-4,6,8,12H,2,5,7,9H2,1H3. The van der Waals surface area contributed by atoms with Gasteiger partial charge in [0.1, 0.15) is 5.82 Å². The molecule has 3 rings (SSSR count). The minimum atomic E-state index is 0.299. The maximum Gasteiger partial charge on any atom is 0.225 e. The molecule has 0 aliphatic heterocycles. The van der Waals surface area contributed by atoms with Crippen LogP contribution in [0.5, 0.6) is 0 Å². The van der Waals surface area contributed by atoms with Crippen molar-refractivity contribution in [3.8, 4) is 0 Å². The van der Waals surface area contributed by atoms with Gasteiger partial charge in [-0.15, -0.1) is 10.2 Å². The van der Waals surface area contributed by atoms with Gasteiger partial charge in [-0.05, 0) is 42.0 Å². The van der Waals surface area contributed by atoms with Crippen molar-refractivity contribution in [2.75, 3.05) is 0 Å². The van der Waals surface area contributed by atoms with E-state index in [1.807, 2.05) is 0 Å². The first-order chi connectivity index (χ1) is 8.81. The number of hydrogen-bond donors (Lipinski definition) is 0. The molecule has 94 valence electrons. The van der Waals surface area contributed by atoms with Crippen molar-refractivity contribution in [3.05, 3.63) is 46.5 Å². The SMILES string of the molecule is CCc1nnc(Cl)n1C1CCCc2ccccc21. The summed E-state index contributed by atoms with van der Waals surface area (Å²) in [5.41, 5.74) is 2.81. The summed E-state index contributed by atoms with van der Waals surface area (Å²) in [6.07, 6.45) is 4.33. The van der Waals surface area contributed by atoms with Gasteiger partial charge in [0.05, 0.1) is 6.04 Å². The molecule has 0 radical (unpaired) electrons. The first-order valence-electron chi connectivity index (χ1n) is 6.48. The van der Waals surface area contributed by atoms with Crippen molar-refractivity contribution in [1.82, 2.24) is 14.8 Å². The topological polar surface area (TPSA) is 30.7 Å². The van der Waals surface area contributed by atoms with E-state index in [0.717, 1.165) is 25.1 Å². The lowest BCUT2D eigenvalue weighted by Gasteiger charge is -2.27. The fourth-order valence-electron chi connectivity index (χ4n) is 2.85. The summed E-state index contributed by atoms with van der Waals surface area (Å²) >= 11 is 6.21. The Kier molecular flexibility index (Phi) is 3.08. The quantitative estimate of drug-likeness (QED) is 0.829. The van der Waals surface area contributed by atoms with Crippen LogP contribution in [0.3, 0.4) is 0 Å². The number of halogens is 1. The molecule has 0 saturated heterocycles. The molecule has 1 aromatic heterocycles. The summed E-state index contributed by atoms with van der Waals surface area (Å²) in [7, 11) is 0. The van der Waals surface area contributed by atoms with E-state index in [9.17, 15) is 0 Å². The maximum atomic E-state index is 6.21. The summed E-state index contributed by atoms with van der Waals surface area (Å²) in [6, 6.07) is 8.92. The molecule has 4 heteroatoms. The van der Waals surface area contributed by atoms with E-state index in [-0.39, 0.29) is 0 Å². The molecule has 0 saturated carbocycles. The first-order valence-corrected chi connectivity index (χ1v) is 6.86. The Balaban J connectivity index is 2.11. The van der Waals surface area contributed by atoms with Crippen molar-refractivity contribution < 1.29 is 0 Å². The van der Waals surface area contributed by atoms with Gasteiger partial charge in [0, 0.05) is 6.42 Å². The number of aryl methyl sites for hydroxylation is 2. The van der Waals surface area contributed by atoms with Crippen LogP contribution in [0.25, 0.3) is 0 Å². The Labute approximate surface area is 112 Å². The average molecular weight is 262 g/mol. The lowest BCUT2D eigenvalue weighted by molar-refractivity contribution is 0.476. The summed E-state index contributed by atoms with van der Waals surface area (Å²) in [4.78, 5) is 0. The van der Waals surface area contributed by atoms with Crippen LogP contribution in [0.4, 0.5) is 0 Å². The number of nitrogens with zero attached hydrogens (tertiary/aromatic N) is 3. The second-order valence-electron chi connectivity index (χ2n) is 4.72. The minimum absolute atomic E-state index is 0.299. The molecule has 0 amide bonds. The lowest BCUT2D eigenvalue weighted by Crippen LogP contribution is -2.19. The molecule has 18 heavy (non-hydrogen) atoms. The Morgan fingerprint density at radius 3 is 3.00 bits per heavy atom. The zero-order valence-corrected chi connectivity index (χ0v) is 11.2. The van der Waals surface area contributed by atoms with Crippen LogP contribution in [0.1, 0.15) is 42.8 Å². The molecule has 3 nitrogen and oxygen atoms in total. The van der Waals surface area contributed by atoms with Crippen LogP contribution in [-0.2, 0) is 12.8 Å². The van der Waals surface area contributed by atoms with Gasteiger partial charge >= 0.3 is 0 Å². The van der Waals surface area contributed by atoms with Crippen molar-refractivity contribution in [1.29, 1.82) is 0 Å². The third kappa shape index (κ3) is 1.83. The highest BCUT2D eigenvalue weighted by atomic mass is 35.5. The molecule has 1 unspecified atom stereocenters. The third-order valence-electron chi connectivity index (χ3n) is 3.69. The van der Waals surface area contributed by atoms with E-state index in [1.165, 1.54) is 17.5 Å². The van der Waals surface area contributed by atoms with Gasteiger partial charge in [0.15, 0.2) is 0 Å². The Hall–Kier alpha value is -1.35. The monoisotopic (exact) mass is 261 g/mol. The maximum absolute atomic E-state index is 6.21. The molecular formula is C14H16ClN3. The number of aromatic nitrogens is 3. The van der Waals surface area contributed by atoms with Crippen molar-refractivity contribution in [3.63, 3.8) is 0 Å². The first kappa shape index (κ1) is 11.7. The van der Waals surface area contributed by atoms with Gasteiger partial charge in [-0.3, -0.25) is 4.57 Å². The zero-order valence-electron chi connectivity index (χ0n) is 10.4. The van der Waals surface area contributed by atoms with Gasteiger partial charge in [0.25, 0.3) is 0 Å². The normalized spacial score (nSPS) is 18.7. The fraction of sp³-hybridized carbons (Fsp3) is 0.429. The predicted octanol–water partition coefficient (Wildman–Crippen LogP) is 3.42. The Morgan fingerprint density at radius 1 is 1.33 bits per heavy atom. The van der Waals surface area contributed by atoms with Gasteiger partial charge < -0.3 is 0 Å². The van der Waals surface area contributed by atoms with Gasteiger partial charge in [-0.2, -0.15) is 0 Å². The second-order valence-corrected chi connectivity index (χ2v) is 5.05. The van der Waals surface area contributed by atoms with Crippen LogP contribution >= 0.6 is 11.6 Å². The number of benzene rings is 1. The molecule has 0 fully saturated rings. The Bertz CT molecular complexity index is 562. The summed E-state index contributed by atoms with van der Waals surface area (Å²) in [5.74, 6) is 0.974. The third-order valence-corrected chi connectivity index (χ3v) is 3.95. The predicted molar refractivity (Wildman–Crippen MR) is 71.9 cm³/mol. The van der Waals surface area contributed by atoms with E-state index in [2.05, 4.69) is 46.0 Å². The lowest BCUT2D eigenvalue weighted by atomic mass is 9.87. The fourth-order valence-corrected chi connectivity index (χ4v) is 3.10. The van der Waals surface area contributed by atoms with Crippen LogP contribution in [0, 0.1) is 0 Å². The van der Waals surface area contributed by atoms with Gasteiger partial charge in [-0.25, -0.2) is 0 Å².